The second-order valence-electron chi connectivity index (χ2n) is 7.49. The Bertz CT molecular complexity index is 1210. The SMILES string of the molecule is Cc1ccc(NC(=O)NC(=O)COc2ccc(S(=O)(=O)N3CCOCC3)cc2[N+](=O)[O-])cc1C. The molecule has 0 aliphatic carbocycles. The van der Waals surface area contributed by atoms with Gasteiger partial charge >= 0.3 is 11.7 Å². The summed E-state index contributed by atoms with van der Waals surface area (Å²) in [7, 11) is -3.96. The van der Waals surface area contributed by atoms with Crippen molar-refractivity contribution in [3.8, 4) is 5.75 Å². The van der Waals surface area contributed by atoms with E-state index in [0.717, 1.165) is 29.3 Å². The Morgan fingerprint density at radius 1 is 1.12 bits per heavy atom. The molecule has 2 aromatic rings. The van der Waals surface area contributed by atoms with E-state index in [2.05, 4.69) is 10.6 Å². The van der Waals surface area contributed by atoms with Crippen molar-refractivity contribution in [2.75, 3.05) is 38.2 Å². The minimum atomic E-state index is -3.96. The molecule has 182 valence electrons. The lowest BCUT2D eigenvalue weighted by Gasteiger charge is -2.26. The fourth-order valence-electron chi connectivity index (χ4n) is 3.15. The second-order valence-corrected chi connectivity index (χ2v) is 9.43. The van der Waals surface area contributed by atoms with Gasteiger partial charge < -0.3 is 14.8 Å². The Kier molecular flexibility index (Phi) is 7.81. The topological polar surface area (TPSA) is 157 Å². The molecule has 1 saturated heterocycles. The fourth-order valence-corrected chi connectivity index (χ4v) is 4.57. The number of carbonyl (C=O) groups is 2. The van der Waals surface area contributed by atoms with Crippen LogP contribution in [0.2, 0.25) is 0 Å². The highest BCUT2D eigenvalue weighted by atomic mass is 32.2. The van der Waals surface area contributed by atoms with Crippen molar-refractivity contribution in [3.63, 3.8) is 0 Å². The number of morpholine rings is 1. The van der Waals surface area contributed by atoms with E-state index in [-0.39, 0.29) is 36.9 Å². The minimum Gasteiger partial charge on any atom is -0.477 e. The molecule has 0 aromatic heterocycles. The van der Waals surface area contributed by atoms with E-state index in [9.17, 15) is 28.1 Å². The molecule has 2 aromatic carbocycles. The number of anilines is 1. The molecule has 1 aliphatic heterocycles. The molecule has 12 nitrogen and oxygen atoms in total. The average Bonchev–Trinajstić information content (AvgIpc) is 2.80. The van der Waals surface area contributed by atoms with E-state index in [4.69, 9.17) is 9.47 Å². The largest absolute Gasteiger partial charge is 0.477 e. The highest BCUT2D eigenvalue weighted by Gasteiger charge is 2.29. The maximum absolute atomic E-state index is 12.7. The molecule has 1 aliphatic rings. The number of amides is 3. The van der Waals surface area contributed by atoms with Crippen LogP contribution < -0.4 is 15.4 Å². The van der Waals surface area contributed by atoms with Gasteiger partial charge in [-0.3, -0.25) is 20.2 Å². The van der Waals surface area contributed by atoms with Crippen LogP contribution in [0.3, 0.4) is 0 Å². The summed E-state index contributed by atoms with van der Waals surface area (Å²) in [5, 5.41) is 16.1. The molecule has 2 N–H and O–H groups in total. The van der Waals surface area contributed by atoms with Gasteiger partial charge in [-0.05, 0) is 49.2 Å². The number of hydrogen-bond donors (Lipinski definition) is 2. The van der Waals surface area contributed by atoms with Crippen LogP contribution in [0.4, 0.5) is 16.2 Å². The zero-order chi connectivity index (χ0) is 24.9. The summed E-state index contributed by atoms with van der Waals surface area (Å²) in [5.41, 5.74) is 1.86. The van der Waals surface area contributed by atoms with E-state index in [1.54, 1.807) is 12.1 Å². The number of nitro benzene ring substituents is 1. The molecule has 3 rings (SSSR count). The van der Waals surface area contributed by atoms with Crippen molar-refractivity contribution in [1.29, 1.82) is 0 Å². The number of nitrogens with zero attached hydrogens (tertiary/aromatic N) is 2. The number of hydrogen-bond acceptors (Lipinski definition) is 8. The first-order valence-electron chi connectivity index (χ1n) is 10.2. The summed E-state index contributed by atoms with van der Waals surface area (Å²) in [6.07, 6.45) is 0. The number of imide groups is 1. The normalized spacial score (nSPS) is 14.3. The Balaban J connectivity index is 1.64. The maximum atomic E-state index is 12.7. The van der Waals surface area contributed by atoms with Crippen LogP contribution in [0.25, 0.3) is 0 Å². The summed E-state index contributed by atoms with van der Waals surface area (Å²) >= 11 is 0. The van der Waals surface area contributed by atoms with Crippen LogP contribution >= 0.6 is 0 Å². The third-order valence-corrected chi connectivity index (χ3v) is 7.01. The molecular weight excluding hydrogens is 468 g/mol. The van der Waals surface area contributed by atoms with Gasteiger partial charge in [-0.25, -0.2) is 13.2 Å². The minimum absolute atomic E-state index is 0.138. The van der Waals surface area contributed by atoms with Gasteiger partial charge in [0.15, 0.2) is 12.4 Å². The van der Waals surface area contributed by atoms with Gasteiger partial charge in [0.1, 0.15) is 0 Å². The first kappa shape index (κ1) is 25.1. The Labute approximate surface area is 196 Å². The van der Waals surface area contributed by atoms with Gasteiger partial charge in [0.05, 0.1) is 23.0 Å². The van der Waals surface area contributed by atoms with Crippen LogP contribution in [0.5, 0.6) is 5.75 Å². The number of benzene rings is 2. The predicted molar refractivity (Wildman–Crippen MR) is 121 cm³/mol. The zero-order valence-electron chi connectivity index (χ0n) is 18.6. The first-order chi connectivity index (χ1) is 16.1. The van der Waals surface area contributed by atoms with Crippen LogP contribution in [-0.4, -0.2) is 62.5 Å². The number of urea groups is 1. The van der Waals surface area contributed by atoms with Crippen LogP contribution in [0.1, 0.15) is 11.1 Å². The number of carbonyl (C=O) groups excluding carboxylic acids is 2. The van der Waals surface area contributed by atoms with Crippen molar-refractivity contribution >= 4 is 33.3 Å². The Morgan fingerprint density at radius 3 is 2.47 bits per heavy atom. The van der Waals surface area contributed by atoms with Crippen molar-refractivity contribution in [3.05, 3.63) is 57.6 Å². The number of nitro groups is 1. The number of ether oxygens (including phenoxy) is 2. The quantitative estimate of drug-likeness (QED) is 0.439. The average molecular weight is 493 g/mol. The lowest BCUT2D eigenvalue weighted by atomic mass is 10.1. The van der Waals surface area contributed by atoms with E-state index in [0.29, 0.717) is 5.69 Å². The molecule has 34 heavy (non-hydrogen) atoms. The van der Waals surface area contributed by atoms with Crippen LogP contribution in [-0.2, 0) is 19.6 Å². The second kappa shape index (κ2) is 10.6. The molecule has 0 atom stereocenters. The molecule has 0 radical (unpaired) electrons. The molecule has 0 spiro atoms. The van der Waals surface area contributed by atoms with Crippen LogP contribution in [0, 0.1) is 24.0 Å². The summed E-state index contributed by atoms with van der Waals surface area (Å²) < 4.78 is 37.0. The third kappa shape index (κ3) is 6.07. The zero-order valence-corrected chi connectivity index (χ0v) is 19.4. The fraction of sp³-hybridized carbons (Fsp3) is 0.333. The summed E-state index contributed by atoms with van der Waals surface area (Å²) in [5.74, 6) is -1.16. The molecule has 1 heterocycles. The summed E-state index contributed by atoms with van der Waals surface area (Å²) in [4.78, 5) is 34.5. The number of nitrogens with one attached hydrogen (secondary N) is 2. The smallest absolute Gasteiger partial charge is 0.325 e. The number of sulfonamides is 1. The van der Waals surface area contributed by atoms with Crippen molar-refractivity contribution in [1.82, 2.24) is 9.62 Å². The van der Waals surface area contributed by atoms with Crippen molar-refractivity contribution in [2.24, 2.45) is 0 Å². The summed E-state index contributed by atoms with van der Waals surface area (Å²) in [6.45, 7) is 3.84. The Hall–Kier alpha value is -3.55. The van der Waals surface area contributed by atoms with Gasteiger partial charge in [0, 0.05) is 24.8 Å². The lowest BCUT2D eigenvalue weighted by molar-refractivity contribution is -0.386. The van der Waals surface area contributed by atoms with E-state index < -0.39 is 39.2 Å². The molecular formula is C21H24N4O8S. The van der Waals surface area contributed by atoms with Gasteiger partial charge in [-0.15, -0.1) is 0 Å². The Morgan fingerprint density at radius 2 is 1.82 bits per heavy atom. The van der Waals surface area contributed by atoms with E-state index >= 15 is 0 Å². The van der Waals surface area contributed by atoms with Gasteiger partial charge in [0.25, 0.3) is 5.91 Å². The van der Waals surface area contributed by atoms with Gasteiger partial charge in [-0.2, -0.15) is 4.31 Å². The van der Waals surface area contributed by atoms with Gasteiger partial charge in [0.2, 0.25) is 10.0 Å². The molecule has 1 fully saturated rings. The lowest BCUT2D eigenvalue weighted by Crippen LogP contribution is -2.40. The summed E-state index contributed by atoms with van der Waals surface area (Å²) in [6, 6.07) is 7.59. The highest BCUT2D eigenvalue weighted by molar-refractivity contribution is 7.89. The maximum Gasteiger partial charge on any atom is 0.325 e. The van der Waals surface area contributed by atoms with E-state index in [1.807, 2.05) is 19.9 Å². The predicted octanol–water partition coefficient (Wildman–Crippen LogP) is 1.96. The molecule has 13 heteroatoms. The molecule has 3 amide bonds. The molecule has 0 bridgehead atoms. The van der Waals surface area contributed by atoms with Gasteiger partial charge in [-0.1, -0.05) is 6.07 Å². The van der Waals surface area contributed by atoms with Crippen molar-refractivity contribution in [2.45, 2.75) is 18.7 Å². The highest BCUT2D eigenvalue weighted by Crippen LogP contribution is 2.31. The first-order valence-corrected chi connectivity index (χ1v) is 11.7. The number of aryl methyl sites for hydroxylation is 2. The standard InChI is InChI=1S/C21H24N4O8S/c1-14-3-4-16(11-15(14)2)22-21(27)23-20(26)13-33-19-6-5-17(12-18(19)25(28)29)34(30,31)24-7-9-32-10-8-24/h3-6,11-12H,7-10,13H2,1-2H3,(H2,22,23,26,27). The molecule has 0 saturated carbocycles. The molecule has 0 unspecified atom stereocenters. The third-order valence-electron chi connectivity index (χ3n) is 5.11. The van der Waals surface area contributed by atoms with E-state index in [1.165, 1.54) is 4.31 Å². The van der Waals surface area contributed by atoms with Crippen molar-refractivity contribution < 1.29 is 32.4 Å². The monoisotopic (exact) mass is 492 g/mol. The number of rotatable bonds is 7. The van der Waals surface area contributed by atoms with Crippen LogP contribution in [0.15, 0.2) is 41.3 Å².